The Balaban J connectivity index is 1.79. The van der Waals surface area contributed by atoms with E-state index in [1.54, 1.807) is 14.1 Å². The Kier molecular flexibility index (Phi) is 8.15. The van der Waals surface area contributed by atoms with Gasteiger partial charge in [-0.05, 0) is 60.5 Å². The van der Waals surface area contributed by atoms with E-state index in [0.717, 1.165) is 12.1 Å². The van der Waals surface area contributed by atoms with Crippen LogP contribution in [0.25, 0.3) is 20.7 Å². The maximum atomic E-state index is 13.3. The zero-order valence-electron chi connectivity index (χ0n) is 21.9. The summed E-state index contributed by atoms with van der Waals surface area (Å²) in [6.45, 7) is 0.187. The van der Waals surface area contributed by atoms with Gasteiger partial charge < -0.3 is 19.5 Å². The molecule has 2 aromatic carbocycles. The van der Waals surface area contributed by atoms with E-state index in [1.165, 1.54) is 42.2 Å². The van der Waals surface area contributed by atoms with Crippen LogP contribution in [0, 0.1) is 6.92 Å². The smallest absolute Gasteiger partial charge is 0.453 e. The second kappa shape index (κ2) is 11.2. The molecule has 2 aromatic heterocycles. The van der Waals surface area contributed by atoms with Gasteiger partial charge in [0.2, 0.25) is 0 Å². The number of hydrogen-bond acceptors (Lipinski definition) is 7. The molecule has 0 aliphatic heterocycles. The predicted octanol–water partition coefficient (Wildman–Crippen LogP) is 5.04. The highest BCUT2D eigenvalue weighted by Crippen LogP contribution is 2.42. The number of hydrogen-bond donors (Lipinski definition) is 2. The third-order valence-electron chi connectivity index (χ3n) is 5.97. The van der Waals surface area contributed by atoms with Crippen molar-refractivity contribution in [3.8, 4) is 27.7 Å². The van der Waals surface area contributed by atoms with Gasteiger partial charge in [0.25, 0.3) is 11.5 Å². The van der Waals surface area contributed by atoms with Gasteiger partial charge >= 0.3 is 18.2 Å². The lowest BCUT2D eigenvalue weighted by Gasteiger charge is -2.16. The van der Waals surface area contributed by atoms with E-state index in [4.69, 9.17) is 4.74 Å². The molecule has 1 amide bonds. The monoisotopic (exact) mass is 617 g/mol. The molecule has 2 heterocycles. The molecule has 42 heavy (non-hydrogen) atoms. The summed E-state index contributed by atoms with van der Waals surface area (Å²) < 4.78 is 89.2. The lowest BCUT2D eigenvalue weighted by Crippen LogP contribution is -2.38. The zero-order valence-corrected chi connectivity index (χ0v) is 22.7. The second-order valence-electron chi connectivity index (χ2n) is 9.20. The third kappa shape index (κ3) is 6.44. The summed E-state index contributed by atoms with van der Waals surface area (Å²) in [6, 6.07) is 9.04. The predicted molar refractivity (Wildman–Crippen MR) is 140 cm³/mol. The summed E-state index contributed by atoms with van der Waals surface area (Å²) in [6.07, 6.45) is -13.1. The first-order chi connectivity index (χ1) is 19.5. The maximum absolute atomic E-state index is 13.3. The number of amides is 1. The molecule has 9 nitrogen and oxygen atoms in total. The molecular weight excluding hydrogens is 596 g/mol. The number of alkyl halides is 6. The first-order valence-electron chi connectivity index (χ1n) is 11.9. The fourth-order valence-corrected chi connectivity index (χ4v) is 5.29. The number of thiophene rings is 1. The fourth-order valence-electron chi connectivity index (χ4n) is 3.98. The highest BCUT2D eigenvalue weighted by Gasteiger charge is 2.39. The van der Waals surface area contributed by atoms with Crippen molar-refractivity contribution in [2.45, 2.75) is 32.1 Å². The zero-order chi connectivity index (χ0) is 31.1. The number of aliphatic hydroxyl groups excluding tert-OH is 1. The first kappa shape index (κ1) is 30.6. The Morgan fingerprint density at radius 1 is 1.05 bits per heavy atom. The molecule has 0 saturated heterocycles. The van der Waals surface area contributed by atoms with Gasteiger partial charge in [-0.25, -0.2) is 4.79 Å². The highest BCUT2D eigenvalue weighted by atomic mass is 32.1. The third-order valence-corrected chi connectivity index (χ3v) is 7.33. The number of fused-ring (bicyclic) bond motifs is 1. The summed E-state index contributed by atoms with van der Waals surface area (Å²) in [5.74, 6) is -1.35. The van der Waals surface area contributed by atoms with Crippen molar-refractivity contribution in [1.29, 1.82) is 0 Å². The molecule has 0 radical (unpaired) electrons. The number of halogens is 6. The molecule has 0 aliphatic rings. The molecule has 224 valence electrons. The van der Waals surface area contributed by atoms with Crippen LogP contribution in [0.1, 0.15) is 15.9 Å². The van der Waals surface area contributed by atoms with E-state index in [9.17, 15) is 45.8 Å². The Hall–Kier alpha value is -4.31. The van der Waals surface area contributed by atoms with E-state index in [0.29, 0.717) is 21.5 Å². The Labute approximate surface area is 236 Å². The number of ether oxygens (including phenoxy) is 2. The fraction of sp³-hybridized carbons (Fsp3) is 0.269. The summed E-state index contributed by atoms with van der Waals surface area (Å²) in [7, 11) is 3.10. The number of carbonyl (C=O) groups is 1. The van der Waals surface area contributed by atoms with Crippen molar-refractivity contribution in [3.05, 3.63) is 74.4 Å². The van der Waals surface area contributed by atoms with Gasteiger partial charge in [-0.15, -0.1) is 24.5 Å². The van der Waals surface area contributed by atoms with Gasteiger partial charge in [0.05, 0.1) is 11.9 Å². The van der Waals surface area contributed by atoms with Gasteiger partial charge in [-0.1, -0.05) is 0 Å². The Morgan fingerprint density at radius 2 is 1.69 bits per heavy atom. The van der Waals surface area contributed by atoms with E-state index in [1.807, 2.05) is 4.98 Å². The average Bonchev–Trinajstić information content (AvgIpc) is 3.23. The number of carbonyl (C=O) groups excluding carboxylic acids is 1. The molecule has 0 unspecified atom stereocenters. The molecule has 16 heteroatoms. The van der Waals surface area contributed by atoms with Crippen LogP contribution in [-0.2, 0) is 6.54 Å². The van der Waals surface area contributed by atoms with Crippen molar-refractivity contribution >= 4 is 27.5 Å². The lowest BCUT2D eigenvalue weighted by molar-refractivity contribution is -0.275. The van der Waals surface area contributed by atoms with Crippen molar-refractivity contribution in [2.75, 3.05) is 14.1 Å². The molecule has 1 atom stereocenters. The second-order valence-corrected chi connectivity index (χ2v) is 10.2. The number of aromatic nitrogens is 2. The molecule has 4 aromatic rings. The van der Waals surface area contributed by atoms with Crippen molar-refractivity contribution in [2.24, 2.45) is 0 Å². The summed E-state index contributed by atoms with van der Waals surface area (Å²) >= 11 is 0.679. The number of H-pyrrole nitrogens is 1. The van der Waals surface area contributed by atoms with Crippen LogP contribution in [0.3, 0.4) is 0 Å². The standard InChI is InChI=1S/C26H21F6N3O6S/c1-12-19-21(37)33-24(39)35(11-18(36)25(27,28)29)23(19)42-20(12)14-6-9-16(17(10-14)41-26(30,31)32)40-15-7-4-13(5-8-15)22(38)34(2)3/h4-10,18,36H,11H2,1-3H3,(H,33,37,39)/t18-/m1/s1. The molecule has 0 spiro atoms. The number of benzene rings is 2. The topological polar surface area (TPSA) is 114 Å². The van der Waals surface area contributed by atoms with E-state index >= 15 is 0 Å². The number of aryl methyl sites for hydroxylation is 1. The molecule has 2 N–H and O–H groups in total. The van der Waals surface area contributed by atoms with Crippen LogP contribution < -0.4 is 20.7 Å². The molecule has 0 saturated carbocycles. The molecule has 0 fully saturated rings. The molecule has 0 aliphatic carbocycles. The van der Waals surface area contributed by atoms with Gasteiger partial charge in [0.15, 0.2) is 17.6 Å². The van der Waals surface area contributed by atoms with Crippen LogP contribution in [0.5, 0.6) is 17.2 Å². The number of rotatable bonds is 7. The molecular formula is C26H21F6N3O6S. The van der Waals surface area contributed by atoms with Gasteiger partial charge in [-0.2, -0.15) is 13.2 Å². The average molecular weight is 618 g/mol. The van der Waals surface area contributed by atoms with Crippen LogP contribution in [0.2, 0.25) is 0 Å². The lowest BCUT2D eigenvalue weighted by atomic mass is 10.1. The number of aromatic amines is 1. The summed E-state index contributed by atoms with van der Waals surface area (Å²) in [5, 5.41) is 9.35. The SMILES string of the molecule is Cc1c(-c2ccc(Oc3ccc(C(=O)N(C)C)cc3)c(OC(F)(F)F)c2)sc2c1c(=O)[nH]c(=O)n2C[C@@H](O)C(F)(F)F. The van der Waals surface area contributed by atoms with E-state index in [2.05, 4.69) is 4.74 Å². The molecule has 4 rings (SSSR count). The van der Waals surface area contributed by atoms with Gasteiger partial charge in [0, 0.05) is 24.5 Å². The van der Waals surface area contributed by atoms with E-state index in [-0.39, 0.29) is 43.6 Å². The molecule has 0 bridgehead atoms. The van der Waals surface area contributed by atoms with Crippen LogP contribution in [0.4, 0.5) is 26.3 Å². The van der Waals surface area contributed by atoms with Crippen molar-refractivity contribution in [1.82, 2.24) is 14.5 Å². The highest BCUT2D eigenvalue weighted by molar-refractivity contribution is 7.22. The number of nitrogens with one attached hydrogen (secondary N) is 1. The maximum Gasteiger partial charge on any atom is 0.573 e. The minimum atomic E-state index is -5.14. The number of nitrogens with zero attached hydrogens (tertiary/aromatic N) is 2. The normalized spacial score (nSPS) is 12.8. The Bertz CT molecular complexity index is 1760. The Morgan fingerprint density at radius 3 is 2.26 bits per heavy atom. The first-order valence-corrected chi connectivity index (χ1v) is 12.7. The van der Waals surface area contributed by atoms with Gasteiger partial charge in [-0.3, -0.25) is 19.1 Å². The number of aliphatic hydroxyl groups is 1. The van der Waals surface area contributed by atoms with Crippen molar-refractivity contribution in [3.63, 3.8) is 0 Å². The summed E-state index contributed by atoms with van der Waals surface area (Å²) in [5.41, 5.74) is -1.57. The van der Waals surface area contributed by atoms with Crippen LogP contribution in [-0.4, -0.2) is 58.2 Å². The largest absolute Gasteiger partial charge is 0.573 e. The quantitative estimate of drug-likeness (QED) is 0.281. The summed E-state index contributed by atoms with van der Waals surface area (Å²) in [4.78, 5) is 40.2. The minimum Gasteiger partial charge on any atom is -0.453 e. The minimum absolute atomic E-state index is 0.0713. The van der Waals surface area contributed by atoms with Crippen LogP contribution in [0.15, 0.2) is 52.1 Å². The van der Waals surface area contributed by atoms with Crippen LogP contribution >= 0.6 is 11.3 Å². The van der Waals surface area contributed by atoms with E-state index < -0.39 is 42.2 Å². The van der Waals surface area contributed by atoms with Gasteiger partial charge in [0.1, 0.15) is 10.6 Å². The van der Waals surface area contributed by atoms with Crippen molar-refractivity contribution < 1.29 is 45.7 Å².